The van der Waals surface area contributed by atoms with Crippen LogP contribution in [0.25, 0.3) is 11.4 Å². The van der Waals surface area contributed by atoms with Crippen molar-refractivity contribution in [1.29, 1.82) is 0 Å². The molecule has 1 fully saturated rings. The lowest BCUT2D eigenvalue weighted by Crippen LogP contribution is -2.39. The number of ether oxygens (including phenoxy) is 1. The van der Waals surface area contributed by atoms with Crippen LogP contribution in [-0.4, -0.2) is 44.4 Å². The zero-order valence-corrected chi connectivity index (χ0v) is 15.3. The van der Waals surface area contributed by atoms with E-state index in [1.165, 1.54) is 0 Å². The number of morpholine rings is 1. The third kappa shape index (κ3) is 3.17. The van der Waals surface area contributed by atoms with E-state index < -0.39 is 0 Å². The zero-order valence-electron chi connectivity index (χ0n) is 15.3. The Hall–Kier alpha value is -2.80. The van der Waals surface area contributed by atoms with Gasteiger partial charge in [-0.25, -0.2) is 9.97 Å². The smallest absolute Gasteiger partial charge is 0.163 e. The first-order valence-electron chi connectivity index (χ1n) is 8.72. The summed E-state index contributed by atoms with van der Waals surface area (Å²) >= 11 is 0. The monoisotopic (exact) mass is 350 g/mol. The van der Waals surface area contributed by atoms with Crippen molar-refractivity contribution in [2.75, 3.05) is 24.6 Å². The number of aryl methyl sites for hydroxylation is 2. The fourth-order valence-electron chi connectivity index (χ4n) is 3.20. The highest BCUT2D eigenvalue weighted by atomic mass is 16.5. The maximum Gasteiger partial charge on any atom is 0.163 e. The lowest BCUT2D eigenvalue weighted by atomic mass is 10.1. The quantitative estimate of drug-likeness (QED) is 0.723. The van der Waals surface area contributed by atoms with E-state index in [1.807, 2.05) is 38.5 Å². The molecule has 7 heteroatoms. The van der Waals surface area contributed by atoms with Crippen LogP contribution in [-0.2, 0) is 11.8 Å². The third-order valence-electron chi connectivity index (χ3n) is 4.75. The van der Waals surface area contributed by atoms with E-state index in [9.17, 15) is 0 Å². The second-order valence-electron chi connectivity index (χ2n) is 6.58. The molecule has 1 saturated heterocycles. The van der Waals surface area contributed by atoms with E-state index in [0.29, 0.717) is 12.4 Å². The summed E-state index contributed by atoms with van der Waals surface area (Å²) < 4.78 is 7.77. The molecule has 1 aliphatic rings. The van der Waals surface area contributed by atoms with Crippen LogP contribution in [0.4, 0.5) is 5.82 Å². The van der Waals surface area contributed by atoms with Crippen LogP contribution in [0.15, 0.2) is 36.9 Å². The fraction of sp³-hybridized carbons (Fsp3) is 0.368. The Morgan fingerprint density at radius 2 is 2.08 bits per heavy atom. The lowest BCUT2D eigenvalue weighted by molar-refractivity contribution is 0.0394. The molecule has 1 aliphatic heterocycles. The van der Waals surface area contributed by atoms with Gasteiger partial charge in [-0.3, -0.25) is 9.67 Å². The van der Waals surface area contributed by atoms with Gasteiger partial charge >= 0.3 is 0 Å². The van der Waals surface area contributed by atoms with Gasteiger partial charge in [0.25, 0.3) is 0 Å². The summed E-state index contributed by atoms with van der Waals surface area (Å²) in [5.41, 5.74) is 4.10. The molecule has 3 aromatic rings. The first-order chi connectivity index (χ1) is 12.6. The van der Waals surface area contributed by atoms with Crippen LogP contribution < -0.4 is 4.90 Å². The van der Waals surface area contributed by atoms with Gasteiger partial charge in [0.15, 0.2) is 5.82 Å². The van der Waals surface area contributed by atoms with E-state index in [2.05, 4.69) is 26.9 Å². The van der Waals surface area contributed by atoms with Crippen LogP contribution in [0, 0.1) is 13.8 Å². The average molecular weight is 350 g/mol. The standard InChI is InChI=1S/C19H22N6O/c1-13-14(2)22-18(15-5-4-6-20-9-15)23-19(13)25-7-8-26-17(12-25)16-10-21-24(3)11-16/h4-6,9-11,17H,7-8,12H2,1-3H3. The first kappa shape index (κ1) is 16.7. The van der Waals surface area contributed by atoms with Crippen molar-refractivity contribution in [2.24, 2.45) is 7.05 Å². The number of hydrogen-bond donors (Lipinski definition) is 0. The van der Waals surface area contributed by atoms with Crippen molar-refractivity contribution in [3.05, 3.63) is 53.7 Å². The van der Waals surface area contributed by atoms with Gasteiger partial charge in [-0.15, -0.1) is 0 Å². The number of hydrogen-bond acceptors (Lipinski definition) is 6. The molecule has 4 rings (SSSR count). The molecule has 0 amide bonds. The number of aromatic nitrogens is 5. The minimum atomic E-state index is -0.00559. The predicted molar refractivity (Wildman–Crippen MR) is 98.9 cm³/mol. The Bertz CT molecular complexity index is 908. The lowest BCUT2D eigenvalue weighted by Gasteiger charge is -2.34. The van der Waals surface area contributed by atoms with Gasteiger partial charge in [0.1, 0.15) is 11.9 Å². The average Bonchev–Trinajstić information content (AvgIpc) is 3.11. The van der Waals surface area contributed by atoms with Gasteiger partial charge in [-0.05, 0) is 26.0 Å². The maximum atomic E-state index is 5.97. The highest BCUT2D eigenvalue weighted by molar-refractivity contribution is 5.59. The topological polar surface area (TPSA) is 69.0 Å². The Kier molecular flexibility index (Phi) is 4.38. The number of pyridine rings is 1. The van der Waals surface area contributed by atoms with Crippen LogP contribution in [0.5, 0.6) is 0 Å². The minimum Gasteiger partial charge on any atom is -0.370 e. The molecule has 1 unspecified atom stereocenters. The molecule has 3 aromatic heterocycles. The summed E-state index contributed by atoms with van der Waals surface area (Å²) in [7, 11) is 1.92. The van der Waals surface area contributed by atoms with E-state index in [0.717, 1.165) is 41.3 Å². The molecule has 7 nitrogen and oxygen atoms in total. The molecule has 0 N–H and O–H groups in total. The van der Waals surface area contributed by atoms with E-state index in [4.69, 9.17) is 9.72 Å². The van der Waals surface area contributed by atoms with Crippen molar-refractivity contribution in [1.82, 2.24) is 24.7 Å². The largest absolute Gasteiger partial charge is 0.370 e. The maximum absolute atomic E-state index is 5.97. The SMILES string of the molecule is Cc1nc(-c2cccnc2)nc(N2CCOC(c3cnn(C)c3)C2)c1C. The second-order valence-corrected chi connectivity index (χ2v) is 6.58. The van der Waals surface area contributed by atoms with Gasteiger partial charge < -0.3 is 9.64 Å². The van der Waals surface area contributed by atoms with Gasteiger partial charge in [0.05, 0.1) is 12.8 Å². The molecule has 0 aliphatic carbocycles. The molecule has 4 heterocycles. The summed E-state index contributed by atoms with van der Waals surface area (Å²) in [5.74, 6) is 1.68. The number of anilines is 1. The number of nitrogens with zero attached hydrogens (tertiary/aromatic N) is 6. The Morgan fingerprint density at radius 3 is 2.81 bits per heavy atom. The van der Waals surface area contributed by atoms with Gasteiger partial charge in [0, 0.05) is 61.1 Å². The van der Waals surface area contributed by atoms with Gasteiger partial charge in [-0.1, -0.05) is 0 Å². The van der Waals surface area contributed by atoms with E-state index in [1.54, 1.807) is 17.1 Å². The molecule has 1 atom stereocenters. The van der Waals surface area contributed by atoms with Crippen molar-refractivity contribution in [2.45, 2.75) is 20.0 Å². The summed E-state index contributed by atoms with van der Waals surface area (Å²) in [4.78, 5) is 16.0. The van der Waals surface area contributed by atoms with Crippen LogP contribution >= 0.6 is 0 Å². The summed E-state index contributed by atoms with van der Waals surface area (Å²) in [5, 5.41) is 4.26. The summed E-state index contributed by atoms with van der Waals surface area (Å²) in [6, 6.07) is 3.89. The number of rotatable bonds is 3. The Labute approximate surface area is 152 Å². The molecular weight excluding hydrogens is 328 g/mol. The minimum absolute atomic E-state index is 0.00559. The van der Waals surface area contributed by atoms with Gasteiger partial charge in [0.2, 0.25) is 0 Å². The second kappa shape index (κ2) is 6.84. The predicted octanol–water partition coefficient (Wildman–Crippen LogP) is 2.47. The molecule has 26 heavy (non-hydrogen) atoms. The molecule has 0 saturated carbocycles. The fourth-order valence-corrected chi connectivity index (χ4v) is 3.20. The summed E-state index contributed by atoms with van der Waals surface area (Å²) in [6.45, 7) is 6.31. The van der Waals surface area contributed by atoms with E-state index in [-0.39, 0.29) is 6.10 Å². The zero-order chi connectivity index (χ0) is 18.1. The van der Waals surface area contributed by atoms with Gasteiger partial charge in [-0.2, -0.15) is 5.10 Å². The van der Waals surface area contributed by atoms with Crippen LogP contribution in [0.3, 0.4) is 0 Å². The van der Waals surface area contributed by atoms with Crippen molar-refractivity contribution >= 4 is 5.82 Å². The van der Waals surface area contributed by atoms with Crippen molar-refractivity contribution in [3.8, 4) is 11.4 Å². The molecule has 0 spiro atoms. The molecule has 0 aromatic carbocycles. The highest BCUT2D eigenvalue weighted by Gasteiger charge is 2.26. The highest BCUT2D eigenvalue weighted by Crippen LogP contribution is 2.29. The Balaban J connectivity index is 1.67. The molecule has 134 valence electrons. The Morgan fingerprint density at radius 1 is 1.19 bits per heavy atom. The first-order valence-corrected chi connectivity index (χ1v) is 8.72. The van der Waals surface area contributed by atoms with Crippen LogP contribution in [0.1, 0.15) is 22.9 Å². The molecular formula is C19H22N6O. The third-order valence-corrected chi connectivity index (χ3v) is 4.75. The molecule has 0 radical (unpaired) electrons. The summed E-state index contributed by atoms with van der Waals surface area (Å²) in [6.07, 6.45) is 7.42. The van der Waals surface area contributed by atoms with E-state index >= 15 is 0 Å². The van der Waals surface area contributed by atoms with Crippen molar-refractivity contribution in [3.63, 3.8) is 0 Å². The normalized spacial score (nSPS) is 17.5. The van der Waals surface area contributed by atoms with Crippen molar-refractivity contribution < 1.29 is 4.74 Å². The van der Waals surface area contributed by atoms with Crippen LogP contribution in [0.2, 0.25) is 0 Å². The molecule has 0 bridgehead atoms.